The summed E-state index contributed by atoms with van der Waals surface area (Å²) in [6, 6.07) is 16.0. The Morgan fingerprint density at radius 2 is 1.96 bits per heavy atom. The van der Waals surface area contributed by atoms with Crippen LogP contribution in [0.2, 0.25) is 0 Å². The fraction of sp³-hybridized carbons (Fsp3) is 0.318. The molecule has 5 nitrogen and oxygen atoms in total. The fourth-order valence-corrected chi connectivity index (χ4v) is 3.83. The number of amides is 2. The van der Waals surface area contributed by atoms with Crippen LogP contribution in [0.4, 0.5) is 10.5 Å². The van der Waals surface area contributed by atoms with E-state index in [0.717, 1.165) is 54.5 Å². The topological polar surface area (TPSA) is 58.1 Å². The normalized spacial score (nSPS) is 17.0. The van der Waals surface area contributed by atoms with E-state index in [1.165, 1.54) is 6.42 Å². The molecule has 0 unspecified atom stereocenters. The number of rotatable bonds is 4. The summed E-state index contributed by atoms with van der Waals surface area (Å²) in [7, 11) is 0. The summed E-state index contributed by atoms with van der Waals surface area (Å²) in [5, 5.41) is 4.08. The van der Waals surface area contributed by atoms with Crippen LogP contribution in [-0.4, -0.2) is 33.5 Å². The molecular weight excluding hydrogens is 336 g/mol. The van der Waals surface area contributed by atoms with Crippen molar-refractivity contribution >= 4 is 22.6 Å². The molecule has 0 spiro atoms. The molecule has 2 aromatic heterocycles. The standard InChI is InChI=1S/C22H24N4O/c27-22(25-21-11-5-10-20-19(21)9-6-15-24-20)26-16-4-2-8-18(26)13-12-17-7-1-3-14-23-17/h1,3,5-7,9-11,14-15,18H,2,4,8,12-13,16H2,(H,25,27)/t18-/m0/s1. The Hall–Kier alpha value is -2.95. The molecule has 2 amide bonds. The summed E-state index contributed by atoms with van der Waals surface area (Å²) in [6.07, 6.45) is 8.73. The first kappa shape index (κ1) is 17.5. The van der Waals surface area contributed by atoms with Crippen LogP contribution in [-0.2, 0) is 6.42 Å². The lowest BCUT2D eigenvalue weighted by molar-refractivity contribution is 0.158. The number of pyridine rings is 2. The molecule has 0 radical (unpaired) electrons. The second-order valence-corrected chi connectivity index (χ2v) is 7.01. The minimum atomic E-state index is -0.0166. The van der Waals surface area contributed by atoms with Gasteiger partial charge in [-0.25, -0.2) is 4.79 Å². The van der Waals surface area contributed by atoms with E-state index in [2.05, 4.69) is 21.4 Å². The Bertz CT molecular complexity index is 907. The zero-order chi connectivity index (χ0) is 18.5. The van der Waals surface area contributed by atoms with Gasteiger partial charge >= 0.3 is 6.03 Å². The molecular formula is C22H24N4O. The van der Waals surface area contributed by atoms with Crippen LogP contribution in [0, 0.1) is 0 Å². The van der Waals surface area contributed by atoms with E-state index in [1.807, 2.05) is 53.6 Å². The van der Waals surface area contributed by atoms with Crippen molar-refractivity contribution < 1.29 is 4.79 Å². The van der Waals surface area contributed by atoms with Gasteiger partial charge in [-0.05, 0) is 68.5 Å². The molecule has 0 saturated carbocycles. The first-order valence-corrected chi connectivity index (χ1v) is 9.62. The van der Waals surface area contributed by atoms with Crippen molar-refractivity contribution in [3.63, 3.8) is 0 Å². The number of likely N-dealkylation sites (tertiary alicyclic amines) is 1. The molecule has 1 fully saturated rings. The third kappa shape index (κ3) is 4.08. The maximum Gasteiger partial charge on any atom is 0.322 e. The molecule has 5 heteroatoms. The van der Waals surface area contributed by atoms with E-state index in [9.17, 15) is 4.79 Å². The lowest BCUT2D eigenvalue weighted by Crippen LogP contribution is -2.46. The number of hydrogen-bond donors (Lipinski definition) is 1. The smallest absolute Gasteiger partial charge is 0.322 e. The molecule has 27 heavy (non-hydrogen) atoms. The summed E-state index contributed by atoms with van der Waals surface area (Å²) in [5.41, 5.74) is 2.80. The Morgan fingerprint density at radius 3 is 2.85 bits per heavy atom. The number of fused-ring (bicyclic) bond motifs is 1. The van der Waals surface area contributed by atoms with E-state index < -0.39 is 0 Å². The predicted octanol–water partition coefficient (Wildman–Crippen LogP) is 4.65. The average molecular weight is 360 g/mol. The Labute approximate surface area is 159 Å². The second kappa shape index (κ2) is 8.16. The molecule has 1 atom stereocenters. The summed E-state index contributed by atoms with van der Waals surface area (Å²) in [6.45, 7) is 0.807. The maximum absolute atomic E-state index is 13.0. The zero-order valence-corrected chi connectivity index (χ0v) is 15.3. The van der Waals surface area contributed by atoms with Crippen LogP contribution in [0.15, 0.2) is 60.9 Å². The number of urea groups is 1. The lowest BCUT2D eigenvalue weighted by Gasteiger charge is -2.36. The highest BCUT2D eigenvalue weighted by Gasteiger charge is 2.26. The van der Waals surface area contributed by atoms with Crippen LogP contribution >= 0.6 is 0 Å². The Morgan fingerprint density at radius 1 is 1.04 bits per heavy atom. The van der Waals surface area contributed by atoms with E-state index in [1.54, 1.807) is 6.20 Å². The van der Waals surface area contributed by atoms with E-state index in [4.69, 9.17) is 0 Å². The first-order valence-electron chi connectivity index (χ1n) is 9.62. The number of aromatic nitrogens is 2. The SMILES string of the molecule is O=C(Nc1cccc2ncccc12)N1CCCC[C@H]1CCc1ccccn1. The van der Waals surface area contributed by atoms with Crippen LogP contribution in [0.1, 0.15) is 31.4 Å². The third-order valence-corrected chi connectivity index (χ3v) is 5.24. The number of anilines is 1. The van der Waals surface area contributed by atoms with Crippen LogP contribution in [0.25, 0.3) is 10.9 Å². The lowest BCUT2D eigenvalue weighted by atomic mass is 9.97. The summed E-state index contributed by atoms with van der Waals surface area (Å²) < 4.78 is 0. The van der Waals surface area contributed by atoms with Gasteiger partial charge in [0.25, 0.3) is 0 Å². The number of benzene rings is 1. The summed E-state index contributed by atoms with van der Waals surface area (Å²) in [4.78, 5) is 23.8. The van der Waals surface area contributed by atoms with Crippen LogP contribution < -0.4 is 5.32 Å². The average Bonchev–Trinajstić information content (AvgIpc) is 2.73. The Kier molecular flexibility index (Phi) is 5.28. The number of carbonyl (C=O) groups is 1. The van der Waals surface area contributed by atoms with Crippen molar-refractivity contribution in [2.24, 2.45) is 0 Å². The van der Waals surface area contributed by atoms with Gasteiger partial charge in [-0.3, -0.25) is 9.97 Å². The first-order chi connectivity index (χ1) is 13.3. The molecule has 4 rings (SSSR count). The van der Waals surface area contributed by atoms with Crippen molar-refractivity contribution in [3.8, 4) is 0 Å². The number of aryl methyl sites for hydroxylation is 1. The van der Waals surface area contributed by atoms with Crippen molar-refractivity contribution in [1.29, 1.82) is 0 Å². The van der Waals surface area contributed by atoms with E-state index in [-0.39, 0.29) is 12.1 Å². The molecule has 3 heterocycles. The van der Waals surface area contributed by atoms with Crippen molar-refractivity contribution in [3.05, 3.63) is 66.6 Å². The molecule has 1 aliphatic rings. The molecule has 0 aliphatic carbocycles. The predicted molar refractivity (Wildman–Crippen MR) is 108 cm³/mol. The van der Waals surface area contributed by atoms with Gasteiger partial charge in [0.2, 0.25) is 0 Å². The maximum atomic E-state index is 13.0. The monoisotopic (exact) mass is 360 g/mol. The zero-order valence-electron chi connectivity index (χ0n) is 15.3. The third-order valence-electron chi connectivity index (χ3n) is 5.24. The summed E-state index contributed by atoms with van der Waals surface area (Å²) in [5.74, 6) is 0. The van der Waals surface area contributed by atoms with Gasteiger partial charge in [0.1, 0.15) is 0 Å². The van der Waals surface area contributed by atoms with E-state index >= 15 is 0 Å². The number of piperidine rings is 1. The molecule has 0 bridgehead atoms. The van der Waals surface area contributed by atoms with Gasteiger partial charge in [-0.1, -0.05) is 12.1 Å². The molecule has 1 saturated heterocycles. The van der Waals surface area contributed by atoms with Crippen molar-refractivity contribution in [2.45, 2.75) is 38.1 Å². The van der Waals surface area contributed by atoms with Gasteiger partial charge in [0, 0.05) is 36.1 Å². The number of nitrogens with one attached hydrogen (secondary N) is 1. The van der Waals surface area contributed by atoms with Gasteiger partial charge in [-0.15, -0.1) is 0 Å². The van der Waals surface area contributed by atoms with E-state index in [0.29, 0.717) is 0 Å². The number of nitrogens with zero attached hydrogens (tertiary/aromatic N) is 3. The van der Waals surface area contributed by atoms with Crippen LogP contribution in [0.3, 0.4) is 0 Å². The largest absolute Gasteiger partial charge is 0.322 e. The van der Waals surface area contributed by atoms with Gasteiger partial charge in [0.05, 0.1) is 11.2 Å². The molecule has 1 aliphatic heterocycles. The van der Waals surface area contributed by atoms with Crippen molar-refractivity contribution in [1.82, 2.24) is 14.9 Å². The highest BCUT2D eigenvalue weighted by molar-refractivity contribution is 6.00. The second-order valence-electron chi connectivity index (χ2n) is 7.01. The van der Waals surface area contributed by atoms with Gasteiger partial charge in [0.15, 0.2) is 0 Å². The minimum absolute atomic E-state index is 0.0166. The van der Waals surface area contributed by atoms with Crippen molar-refractivity contribution in [2.75, 3.05) is 11.9 Å². The summed E-state index contributed by atoms with van der Waals surface area (Å²) >= 11 is 0. The number of hydrogen-bond acceptors (Lipinski definition) is 3. The minimum Gasteiger partial charge on any atom is -0.322 e. The molecule has 1 N–H and O–H groups in total. The Balaban J connectivity index is 1.47. The van der Waals surface area contributed by atoms with Gasteiger partial charge < -0.3 is 10.2 Å². The van der Waals surface area contributed by atoms with Gasteiger partial charge in [-0.2, -0.15) is 0 Å². The highest BCUT2D eigenvalue weighted by Crippen LogP contribution is 2.25. The fourth-order valence-electron chi connectivity index (χ4n) is 3.83. The molecule has 3 aromatic rings. The quantitative estimate of drug-likeness (QED) is 0.737. The highest BCUT2D eigenvalue weighted by atomic mass is 16.2. The number of carbonyl (C=O) groups excluding carboxylic acids is 1. The molecule has 138 valence electrons. The van der Waals surface area contributed by atoms with Crippen LogP contribution in [0.5, 0.6) is 0 Å². The molecule has 1 aromatic carbocycles.